The Morgan fingerprint density at radius 1 is 1.46 bits per heavy atom. The predicted octanol–water partition coefficient (Wildman–Crippen LogP) is 1.95. The zero-order chi connectivity index (χ0) is 9.90. The van der Waals surface area contributed by atoms with Crippen LogP contribution in [0.3, 0.4) is 0 Å². The SMILES string of the molecule is CC[C@](O)(C#N)c1ccc(F)cc1. The fourth-order valence-electron chi connectivity index (χ4n) is 1.07. The van der Waals surface area contributed by atoms with Gasteiger partial charge in [-0.15, -0.1) is 0 Å². The Morgan fingerprint density at radius 2 is 2.00 bits per heavy atom. The second-order valence-corrected chi connectivity index (χ2v) is 2.83. The van der Waals surface area contributed by atoms with Crippen molar-refractivity contribution < 1.29 is 9.50 Å². The quantitative estimate of drug-likeness (QED) is 0.705. The number of benzene rings is 1. The molecule has 1 atom stereocenters. The summed E-state index contributed by atoms with van der Waals surface area (Å²) < 4.78 is 12.5. The van der Waals surface area contributed by atoms with Crippen LogP contribution in [0.4, 0.5) is 4.39 Å². The fourth-order valence-corrected chi connectivity index (χ4v) is 1.07. The molecule has 1 N–H and O–H groups in total. The van der Waals surface area contributed by atoms with Gasteiger partial charge in [-0.1, -0.05) is 19.1 Å². The zero-order valence-electron chi connectivity index (χ0n) is 7.29. The molecule has 68 valence electrons. The number of rotatable bonds is 2. The number of nitriles is 1. The van der Waals surface area contributed by atoms with Crippen molar-refractivity contribution in [2.45, 2.75) is 18.9 Å². The van der Waals surface area contributed by atoms with Crippen molar-refractivity contribution in [1.82, 2.24) is 0 Å². The van der Waals surface area contributed by atoms with Crippen LogP contribution in [0.5, 0.6) is 0 Å². The molecular formula is C10H10FNO. The first-order valence-electron chi connectivity index (χ1n) is 4.02. The maximum atomic E-state index is 12.5. The molecule has 0 spiro atoms. The highest BCUT2D eigenvalue weighted by atomic mass is 19.1. The van der Waals surface area contributed by atoms with Crippen LogP contribution in [0, 0.1) is 17.1 Å². The van der Waals surface area contributed by atoms with Crippen LogP contribution in [0.25, 0.3) is 0 Å². The maximum Gasteiger partial charge on any atom is 0.176 e. The van der Waals surface area contributed by atoms with E-state index in [9.17, 15) is 9.50 Å². The average molecular weight is 179 g/mol. The number of halogens is 1. The molecule has 3 heteroatoms. The van der Waals surface area contributed by atoms with Gasteiger partial charge in [0, 0.05) is 0 Å². The first kappa shape index (κ1) is 9.69. The summed E-state index contributed by atoms with van der Waals surface area (Å²) in [5.41, 5.74) is -1.06. The van der Waals surface area contributed by atoms with E-state index in [1.54, 1.807) is 13.0 Å². The zero-order valence-corrected chi connectivity index (χ0v) is 7.29. The van der Waals surface area contributed by atoms with Crippen molar-refractivity contribution in [3.8, 4) is 6.07 Å². The van der Waals surface area contributed by atoms with Crippen molar-refractivity contribution in [1.29, 1.82) is 5.26 Å². The second kappa shape index (κ2) is 3.55. The topological polar surface area (TPSA) is 44.0 Å². The van der Waals surface area contributed by atoms with Gasteiger partial charge < -0.3 is 5.11 Å². The molecule has 0 aliphatic heterocycles. The lowest BCUT2D eigenvalue weighted by Gasteiger charge is -2.17. The van der Waals surface area contributed by atoms with E-state index in [-0.39, 0.29) is 12.2 Å². The molecule has 0 radical (unpaired) electrons. The average Bonchev–Trinajstić information content (AvgIpc) is 2.18. The predicted molar refractivity (Wildman–Crippen MR) is 46.2 cm³/mol. The van der Waals surface area contributed by atoms with E-state index in [1.807, 2.05) is 0 Å². The Labute approximate surface area is 76.2 Å². The van der Waals surface area contributed by atoms with E-state index < -0.39 is 5.60 Å². The third-order valence-corrected chi connectivity index (χ3v) is 2.02. The molecule has 1 aromatic carbocycles. The summed E-state index contributed by atoms with van der Waals surface area (Å²) in [5.74, 6) is -0.375. The highest BCUT2D eigenvalue weighted by molar-refractivity contribution is 5.28. The fraction of sp³-hybridized carbons (Fsp3) is 0.300. The van der Waals surface area contributed by atoms with Gasteiger partial charge in [0.2, 0.25) is 0 Å². The molecule has 0 unspecified atom stereocenters. The summed E-state index contributed by atoms with van der Waals surface area (Å²) in [5, 5.41) is 18.4. The summed E-state index contributed by atoms with van der Waals surface area (Å²) in [6, 6.07) is 7.09. The van der Waals surface area contributed by atoms with Crippen LogP contribution in [-0.4, -0.2) is 5.11 Å². The van der Waals surface area contributed by atoms with Gasteiger partial charge >= 0.3 is 0 Å². The normalized spacial score (nSPS) is 14.6. The molecule has 1 aromatic rings. The molecule has 1 rings (SSSR count). The highest BCUT2D eigenvalue weighted by Crippen LogP contribution is 2.23. The van der Waals surface area contributed by atoms with Crippen LogP contribution < -0.4 is 0 Å². The van der Waals surface area contributed by atoms with Crippen LogP contribution in [0.15, 0.2) is 24.3 Å². The Bertz CT molecular complexity index is 328. The molecule has 2 nitrogen and oxygen atoms in total. The van der Waals surface area contributed by atoms with Crippen LogP contribution in [0.2, 0.25) is 0 Å². The van der Waals surface area contributed by atoms with E-state index in [0.717, 1.165) is 0 Å². The lowest BCUT2D eigenvalue weighted by molar-refractivity contribution is 0.0935. The van der Waals surface area contributed by atoms with Gasteiger partial charge in [-0.3, -0.25) is 0 Å². The molecule has 0 bridgehead atoms. The lowest BCUT2D eigenvalue weighted by atomic mass is 9.93. The summed E-state index contributed by atoms with van der Waals surface area (Å²) in [4.78, 5) is 0. The summed E-state index contributed by atoms with van der Waals surface area (Å²) in [7, 11) is 0. The second-order valence-electron chi connectivity index (χ2n) is 2.83. The number of hydrogen-bond acceptors (Lipinski definition) is 2. The van der Waals surface area contributed by atoms with Crippen LogP contribution in [-0.2, 0) is 5.60 Å². The van der Waals surface area contributed by atoms with E-state index in [2.05, 4.69) is 0 Å². The van der Waals surface area contributed by atoms with E-state index >= 15 is 0 Å². The standard InChI is InChI=1S/C10H10FNO/c1-2-10(13,7-12)8-3-5-9(11)6-4-8/h3-6,13H,2H2,1H3/t10-/m0/s1. The molecule has 0 aliphatic rings. The third kappa shape index (κ3) is 1.85. The third-order valence-electron chi connectivity index (χ3n) is 2.02. The first-order valence-corrected chi connectivity index (χ1v) is 4.02. The molecule has 0 amide bonds. The lowest BCUT2D eigenvalue weighted by Crippen LogP contribution is -2.21. The van der Waals surface area contributed by atoms with Gasteiger partial charge in [-0.05, 0) is 24.1 Å². The number of hydrogen-bond donors (Lipinski definition) is 1. The van der Waals surface area contributed by atoms with Crippen molar-refractivity contribution in [3.63, 3.8) is 0 Å². The summed E-state index contributed by atoms with van der Waals surface area (Å²) in [6.45, 7) is 1.70. The van der Waals surface area contributed by atoms with Gasteiger partial charge in [0.25, 0.3) is 0 Å². The summed E-state index contributed by atoms with van der Waals surface area (Å²) >= 11 is 0. The molecule has 0 saturated heterocycles. The van der Waals surface area contributed by atoms with Crippen LogP contribution >= 0.6 is 0 Å². The largest absolute Gasteiger partial charge is 0.371 e. The van der Waals surface area contributed by atoms with Gasteiger partial charge in [0.1, 0.15) is 11.9 Å². The molecule has 0 fully saturated rings. The molecule has 0 aromatic heterocycles. The minimum absolute atomic E-state index is 0.287. The number of nitrogens with zero attached hydrogens (tertiary/aromatic N) is 1. The van der Waals surface area contributed by atoms with Gasteiger partial charge in [0.05, 0.1) is 0 Å². The van der Waals surface area contributed by atoms with Crippen molar-refractivity contribution >= 4 is 0 Å². The smallest absolute Gasteiger partial charge is 0.176 e. The van der Waals surface area contributed by atoms with Crippen molar-refractivity contribution in [2.75, 3.05) is 0 Å². The van der Waals surface area contributed by atoms with Gasteiger partial charge in [-0.25, -0.2) is 4.39 Å². The molecule has 0 heterocycles. The van der Waals surface area contributed by atoms with Crippen LogP contribution in [0.1, 0.15) is 18.9 Å². The Balaban J connectivity index is 3.08. The van der Waals surface area contributed by atoms with E-state index in [0.29, 0.717) is 5.56 Å². The van der Waals surface area contributed by atoms with Crippen molar-refractivity contribution in [3.05, 3.63) is 35.6 Å². The molecule has 0 saturated carbocycles. The number of aliphatic hydroxyl groups is 1. The summed E-state index contributed by atoms with van der Waals surface area (Å²) in [6.07, 6.45) is 0.287. The maximum absolute atomic E-state index is 12.5. The molecule has 13 heavy (non-hydrogen) atoms. The first-order chi connectivity index (χ1) is 6.12. The highest BCUT2D eigenvalue weighted by Gasteiger charge is 2.26. The monoisotopic (exact) mass is 179 g/mol. The Morgan fingerprint density at radius 3 is 2.38 bits per heavy atom. The Kier molecular flexibility index (Phi) is 2.64. The molecular weight excluding hydrogens is 169 g/mol. The van der Waals surface area contributed by atoms with E-state index in [1.165, 1.54) is 24.3 Å². The minimum atomic E-state index is -1.49. The minimum Gasteiger partial charge on any atom is -0.371 e. The van der Waals surface area contributed by atoms with Gasteiger partial charge in [0.15, 0.2) is 5.60 Å². The molecule has 0 aliphatic carbocycles. The van der Waals surface area contributed by atoms with E-state index in [4.69, 9.17) is 5.26 Å². The van der Waals surface area contributed by atoms with Gasteiger partial charge in [-0.2, -0.15) is 5.26 Å². The van der Waals surface area contributed by atoms with Crippen molar-refractivity contribution in [2.24, 2.45) is 0 Å². The Hall–Kier alpha value is -1.40.